The third-order valence-corrected chi connectivity index (χ3v) is 10.3. The minimum atomic E-state index is -3.63. The van der Waals surface area contributed by atoms with Crippen LogP contribution in [0, 0.1) is 6.92 Å². The molecule has 0 unspecified atom stereocenters. The number of aromatic nitrogens is 4. The Morgan fingerprint density at radius 1 is 1.15 bits per heavy atom. The summed E-state index contributed by atoms with van der Waals surface area (Å²) in [6.45, 7) is 9.61. The van der Waals surface area contributed by atoms with Gasteiger partial charge in [0.25, 0.3) is 0 Å². The molecule has 6 rings (SSSR count). The molecule has 0 spiro atoms. The van der Waals surface area contributed by atoms with E-state index in [0.29, 0.717) is 23.4 Å². The summed E-state index contributed by atoms with van der Waals surface area (Å²) >= 11 is 6.48. The molecule has 3 aliphatic rings. The van der Waals surface area contributed by atoms with Crippen LogP contribution < -0.4 is 20.7 Å². The summed E-state index contributed by atoms with van der Waals surface area (Å²) in [5, 5.41) is 14.0. The summed E-state index contributed by atoms with van der Waals surface area (Å²) in [5.74, 6) is 2.00. The summed E-state index contributed by atoms with van der Waals surface area (Å²) in [5.41, 5.74) is 5.08. The van der Waals surface area contributed by atoms with Gasteiger partial charge in [-0.1, -0.05) is 11.6 Å². The quantitative estimate of drug-likeness (QED) is 0.317. The predicted molar refractivity (Wildman–Crippen MR) is 156 cm³/mol. The Bertz CT molecular complexity index is 1550. The fraction of sp³-hybridized carbons (Fsp3) is 0.536. The second kappa shape index (κ2) is 10.5. The Morgan fingerprint density at radius 2 is 1.90 bits per heavy atom. The lowest BCUT2D eigenvalue weighted by atomic mass is 9.83. The summed E-state index contributed by atoms with van der Waals surface area (Å²) in [6, 6.07) is 2.34. The summed E-state index contributed by atoms with van der Waals surface area (Å²) in [6.07, 6.45) is 8.38. The number of sulfone groups is 1. The Morgan fingerprint density at radius 3 is 2.60 bits per heavy atom. The number of rotatable bonds is 8. The summed E-state index contributed by atoms with van der Waals surface area (Å²) in [7, 11) is -3.63. The monoisotopic (exact) mass is 585 g/mol. The maximum atomic E-state index is 13.1. The molecule has 12 heteroatoms. The van der Waals surface area contributed by atoms with Gasteiger partial charge >= 0.3 is 0 Å². The van der Waals surface area contributed by atoms with Crippen LogP contribution in [0.15, 0.2) is 23.5 Å². The Balaban J connectivity index is 1.32. The van der Waals surface area contributed by atoms with Crippen molar-refractivity contribution in [3.63, 3.8) is 0 Å². The van der Waals surface area contributed by atoms with E-state index in [-0.39, 0.29) is 22.2 Å². The number of hydrogen-bond acceptors (Lipinski definition) is 9. The first-order chi connectivity index (χ1) is 19.1. The Labute approximate surface area is 240 Å². The second-order valence-corrected chi connectivity index (χ2v) is 14.2. The first-order valence-corrected chi connectivity index (χ1v) is 16.0. The zero-order chi connectivity index (χ0) is 28.2. The van der Waals surface area contributed by atoms with Gasteiger partial charge in [0, 0.05) is 12.0 Å². The van der Waals surface area contributed by atoms with Crippen molar-refractivity contribution in [2.45, 2.75) is 88.1 Å². The highest BCUT2D eigenvalue weighted by molar-refractivity contribution is 7.92. The van der Waals surface area contributed by atoms with E-state index in [1.54, 1.807) is 24.7 Å². The number of piperidine rings is 1. The number of anilines is 4. The molecule has 0 amide bonds. The number of benzene rings is 1. The van der Waals surface area contributed by atoms with Gasteiger partial charge in [-0.3, -0.25) is 4.68 Å². The molecule has 1 saturated heterocycles. The fourth-order valence-electron chi connectivity index (χ4n) is 5.71. The molecule has 1 aromatic carbocycles. The van der Waals surface area contributed by atoms with E-state index in [4.69, 9.17) is 16.3 Å². The van der Waals surface area contributed by atoms with Gasteiger partial charge in [0.05, 0.1) is 35.1 Å². The number of ether oxygens (including phenoxy) is 1. The van der Waals surface area contributed by atoms with Gasteiger partial charge in [0.2, 0.25) is 20.8 Å². The van der Waals surface area contributed by atoms with Crippen LogP contribution in [0.4, 0.5) is 23.1 Å². The highest BCUT2D eigenvalue weighted by Gasteiger charge is 2.33. The molecule has 214 valence electrons. The highest BCUT2D eigenvalue weighted by atomic mass is 35.5. The number of hydrogen-bond donors (Lipinski definition) is 3. The van der Waals surface area contributed by atoms with Gasteiger partial charge in [-0.2, -0.15) is 10.1 Å². The first-order valence-electron chi connectivity index (χ1n) is 14.0. The van der Waals surface area contributed by atoms with Crippen LogP contribution in [0.2, 0.25) is 5.02 Å². The van der Waals surface area contributed by atoms with E-state index in [0.717, 1.165) is 56.6 Å². The molecule has 1 saturated carbocycles. The normalized spacial score (nSPS) is 19.5. The van der Waals surface area contributed by atoms with E-state index in [2.05, 4.69) is 50.9 Å². The van der Waals surface area contributed by atoms with Crippen molar-refractivity contribution in [3.8, 4) is 5.75 Å². The van der Waals surface area contributed by atoms with Gasteiger partial charge in [0.1, 0.15) is 16.9 Å². The molecule has 1 atom stereocenters. The van der Waals surface area contributed by atoms with Crippen molar-refractivity contribution in [1.82, 2.24) is 25.1 Å². The SMILES string of the molecule is Cc1cc(Nc2ncc(Cl)c(Nc3cn(C4CC4)nc3S(=O)(=O)C(C)C)n2)c2c(c1C1CCNCC1)C[C@@H](C)O2. The van der Waals surface area contributed by atoms with Crippen LogP contribution in [-0.2, 0) is 16.3 Å². The van der Waals surface area contributed by atoms with Crippen LogP contribution >= 0.6 is 11.6 Å². The minimum absolute atomic E-state index is 0.00271. The number of aryl methyl sites for hydroxylation is 1. The molecule has 40 heavy (non-hydrogen) atoms. The van der Waals surface area contributed by atoms with Gasteiger partial charge < -0.3 is 20.7 Å². The van der Waals surface area contributed by atoms with Gasteiger partial charge in [-0.25, -0.2) is 13.4 Å². The Hall–Kier alpha value is -2.89. The van der Waals surface area contributed by atoms with Crippen LogP contribution in [0.25, 0.3) is 0 Å². The van der Waals surface area contributed by atoms with Crippen molar-refractivity contribution < 1.29 is 13.2 Å². The van der Waals surface area contributed by atoms with Crippen molar-refractivity contribution in [1.29, 1.82) is 0 Å². The Kier molecular flexibility index (Phi) is 7.16. The molecule has 0 radical (unpaired) electrons. The fourth-order valence-corrected chi connectivity index (χ4v) is 6.91. The molecule has 4 heterocycles. The number of nitrogens with one attached hydrogen (secondary N) is 3. The average Bonchev–Trinajstić information content (AvgIpc) is 3.56. The molecule has 1 aliphatic carbocycles. The summed E-state index contributed by atoms with van der Waals surface area (Å²) < 4.78 is 34.2. The molecular weight excluding hydrogens is 550 g/mol. The largest absolute Gasteiger partial charge is 0.488 e. The minimum Gasteiger partial charge on any atom is -0.488 e. The molecule has 3 aromatic rings. The van der Waals surface area contributed by atoms with Crippen LogP contribution in [0.5, 0.6) is 5.75 Å². The van der Waals surface area contributed by atoms with E-state index in [9.17, 15) is 8.42 Å². The van der Waals surface area contributed by atoms with Crippen molar-refractivity contribution in [2.75, 3.05) is 23.7 Å². The van der Waals surface area contributed by atoms with Gasteiger partial charge in [-0.15, -0.1) is 0 Å². The molecule has 2 aromatic heterocycles. The number of fused-ring (bicyclic) bond motifs is 1. The number of halogens is 1. The maximum absolute atomic E-state index is 13.1. The van der Waals surface area contributed by atoms with Crippen LogP contribution in [0.1, 0.15) is 75.1 Å². The van der Waals surface area contributed by atoms with Crippen LogP contribution in [0.3, 0.4) is 0 Å². The van der Waals surface area contributed by atoms with Crippen molar-refractivity contribution in [2.24, 2.45) is 0 Å². The molecule has 0 bridgehead atoms. The van der Waals surface area contributed by atoms with Gasteiger partial charge in [0.15, 0.2) is 5.82 Å². The molecular formula is C28H36ClN7O3S. The molecule has 2 fully saturated rings. The van der Waals surface area contributed by atoms with E-state index >= 15 is 0 Å². The third-order valence-electron chi connectivity index (χ3n) is 7.94. The lowest BCUT2D eigenvalue weighted by Crippen LogP contribution is -2.27. The topological polar surface area (TPSA) is 123 Å². The van der Waals surface area contributed by atoms with Crippen LogP contribution in [-0.4, -0.2) is 52.6 Å². The second-order valence-electron chi connectivity index (χ2n) is 11.4. The zero-order valence-electron chi connectivity index (χ0n) is 23.3. The highest BCUT2D eigenvalue weighted by Crippen LogP contribution is 2.45. The molecule has 3 N–H and O–H groups in total. The predicted octanol–water partition coefficient (Wildman–Crippen LogP) is 5.43. The molecule has 2 aliphatic heterocycles. The lowest BCUT2D eigenvalue weighted by Gasteiger charge is -2.27. The van der Waals surface area contributed by atoms with E-state index in [1.807, 2.05) is 0 Å². The summed E-state index contributed by atoms with van der Waals surface area (Å²) in [4.78, 5) is 9.03. The standard InChI is InChI=1S/C28H36ClN7O3S/c1-15(2)40(37,38)27-23(14-36(35-27)19-5-6-19)32-26-21(29)13-31-28(34-26)33-22-11-16(3)24(18-7-9-30-10-8-18)20-12-17(4)39-25(20)22/h11,13-15,17-19,30H,5-10,12H2,1-4H3,(H2,31,32,33,34)/t17-/m1/s1. The zero-order valence-corrected chi connectivity index (χ0v) is 24.9. The number of nitrogens with zero attached hydrogens (tertiary/aromatic N) is 4. The average molecular weight is 586 g/mol. The molecule has 10 nitrogen and oxygen atoms in total. The van der Waals surface area contributed by atoms with E-state index < -0.39 is 15.1 Å². The lowest BCUT2D eigenvalue weighted by molar-refractivity contribution is 0.256. The van der Waals surface area contributed by atoms with Crippen molar-refractivity contribution >= 4 is 44.6 Å². The first kappa shape index (κ1) is 27.3. The third kappa shape index (κ3) is 5.14. The van der Waals surface area contributed by atoms with Gasteiger partial charge in [-0.05, 0) is 89.6 Å². The maximum Gasteiger partial charge on any atom is 0.229 e. The smallest absolute Gasteiger partial charge is 0.229 e. The van der Waals surface area contributed by atoms with E-state index in [1.165, 1.54) is 22.9 Å². The van der Waals surface area contributed by atoms with Crippen molar-refractivity contribution in [3.05, 3.63) is 40.2 Å².